The zero-order chi connectivity index (χ0) is 12.7. The van der Waals surface area contributed by atoms with E-state index in [4.69, 9.17) is 4.74 Å². The van der Waals surface area contributed by atoms with Crippen LogP contribution >= 0.6 is 0 Å². The predicted molar refractivity (Wildman–Crippen MR) is 66.5 cm³/mol. The number of carbonyl (C=O) groups is 1. The summed E-state index contributed by atoms with van der Waals surface area (Å²) in [7, 11) is 1.40. The summed E-state index contributed by atoms with van der Waals surface area (Å²) in [5.41, 5.74) is 2.34. The van der Waals surface area contributed by atoms with Crippen molar-refractivity contribution in [1.29, 1.82) is 0 Å². The first-order chi connectivity index (χ1) is 8.74. The molecule has 1 fully saturated rings. The molecular formula is C13H15N3O2. The highest BCUT2D eigenvalue weighted by Gasteiger charge is 2.28. The van der Waals surface area contributed by atoms with Gasteiger partial charge in [0.2, 0.25) is 0 Å². The van der Waals surface area contributed by atoms with E-state index >= 15 is 0 Å². The molecule has 0 amide bonds. The quantitative estimate of drug-likeness (QED) is 0.777. The molecule has 2 aromatic heterocycles. The van der Waals surface area contributed by atoms with Gasteiger partial charge in [-0.05, 0) is 25.8 Å². The zero-order valence-corrected chi connectivity index (χ0v) is 10.5. The first kappa shape index (κ1) is 11.2. The summed E-state index contributed by atoms with van der Waals surface area (Å²) in [6, 6.07) is 1.85. The van der Waals surface area contributed by atoms with Gasteiger partial charge in [-0.25, -0.2) is 14.5 Å². The van der Waals surface area contributed by atoms with Crippen LogP contribution in [0, 0.1) is 0 Å². The Balaban J connectivity index is 2.24. The average Bonchev–Trinajstić information content (AvgIpc) is 3.17. The van der Waals surface area contributed by atoms with Gasteiger partial charge in [-0.3, -0.25) is 0 Å². The van der Waals surface area contributed by atoms with Crippen molar-refractivity contribution in [2.24, 2.45) is 0 Å². The number of carbonyl (C=O) groups excluding carboxylic acids is 1. The third kappa shape index (κ3) is 1.66. The SMILES string of the molecule is CCn1ncc2c(C(=O)OC)cc(C3CC3)nc21. The third-order valence-electron chi connectivity index (χ3n) is 3.33. The van der Waals surface area contributed by atoms with Crippen molar-refractivity contribution < 1.29 is 9.53 Å². The summed E-state index contributed by atoms with van der Waals surface area (Å²) in [5.74, 6) is 0.179. The predicted octanol–water partition coefficient (Wildman–Crippen LogP) is 2.12. The summed E-state index contributed by atoms with van der Waals surface area (Å²) in [6.45, 7) is 2.75. The number of pyridine rings is 1. The van der Waals surface area contributed by atoms with Crippen LogP contribution in [0.25, 0.3) is 11.0 Å². The Morgan fingerprint density at radius 1 is 1.56 bits per heavy atom. The molecule has 0 aromatic carbocycles. The van der Waals surface area contributed by atoms with Crippen LogP contribution in [0.5, 0.6) is 0 Å². The number of aromatic nitrogens is 3. The molecule has 3 rings (SSSR count). The smallest absolute Gasteiger partial charge is 0.338 e. The molecule has 0 unspecified atom stereocenters. The molecule has 2 heterocycles. The number of esters is 1. The number of ether oxygens (including phenoxy) is 1. The zero-order valence-electron chi connectivity index (χ0n) is 10.5. The largest absolute Gasteiger partial charge is 0.465 e. The van der Waals surface area contributed by atoms with Crippen molar-refractivity contribution in [2.75, 3.05) is 7.11 Å². The van der Waals surface area contributed by atoms with Crippen LogP contribution in [-0.2, 0) is 11.3 Å². The maximum atomic E-state index is 11.8. The highest BCUT2D eigenvalue weighted by atomic mass is 16.5. The molecule has 0 bridgehead atoms. The molecule has 5 nitrogen and oxygen atoms in total. The Morgan fingerprint density at radius 2 is 2.33 bits per heavy atom. The van der Waals surface area contributed by atoms with E-state index in [-0.39, 0.29) is 5.97 Å². The topological polar surface area (TPSA) is 57.0 Å². The first-order valence-corrected chi connectivity index (χ1v) is 6.19. The Bertz CT molecular complexity index is 614. The maximum absolute atomic E-state index is 11.8. The minimum Gasteiger partial charge on any atom is -0.465 e. The van der Waals surface area contributed by atoms with Gasteiger partial charge in [-0.1, -0.05) is 0 Å². The van der Waals surface area contributed by atoms with Gasteiger partial charge in [0.05, 0.1) is 24.3 Å². The van der Waals surface area contributed by atoms with Crippen molar-refractivity contribution in [2.45, 2.75) is 32.2 Å². The molecule has 0 N–H and O–H groups in total. The van der Waals surface area contributed by atoms with Crippen LogP contribution in [0.2, 0.25) is 0 Å². The second-order valence-corrected chi connectivity index (χ2v) is 4.56. The number of fused-ring (bicyclic) bond motifs is 1. The molecule has 1 saturated carbocycles. The van der Waals surface area contributed by atoms with Crippen LogP contribution < -0.4 is 0 Å². The normalized spacial score (nSPS) is 15.0. The Kier molecular flexibility index (Phi) is 2.54. The number of rotatable bonds is 3. The Labute approximate surface area is 105 Å². The van der Waals surface area contributed by atoms with E-state index in [1.807, 2.05) is 17.7 Å². The molecule has 5 heteroatoms. The fraction of sp³-hybridized carbons (Fsp3) is 0.462. The van der Waals surface area contributed by atoms with E-state index in [0.29, 0.717) is 11.5 Å². The van der Waals surface area contributed by atoms with E-state index in [2.05, 4.69) is 10.1 Å². The monoisotopic (exact) mass is 245 g/mol. The van der Waals surface area contributed by atoms with E-state index in [9.17, 15) is 4.79 Å². The molecule has 94 valence electrons. The van der Waals surface area contributed by atoms with Crippen molar-refractivity contribution in [3.05, 3.63) is 23.5 Å². The number of aryl methyl sites for hydroxylation is 1. The summed E-state index contributed by atoms with van der Waals surface area (Å²) < 4.78 is 6.65. The third-order valence-corrected chi connectivity index (χ3v) is 3.33. The second kappa shape index (κ2) is 4.08. The first-order valence-electron chi connectivity index (χ1n) is 6.19. The van der Waals surface area contributed by atoms with E-state index in [1.165, 1.54) is 7.11 Å². The molecule has 18 heavy (non-hydrogen) atoms. The summed E-state index contributed by atoms with van der Waals surface area (Å²) in [5, 5.41) is 5.03. The highest BCUT2D eigenvalue weighted by molar-refractivity contribution is 6.02. The van der Waals surface area contributed by atoms with Gasteiger partial charge in [0.25, 0.3) is 0 Å². The maximum Gasteiger partial charge on any atom is 0.338 e. The van der Waals surface area contributed by atoms with Crippen molar-refractivity contribution in [3.8, 4) is 0 Å². The molecule has 0 radical (unpaired) electrons. The van der Waals surface area contributed by atoms with Gasteiger partial charge < -0.3 is 4.74 Å². The minimum atomic E-state index is -0.319. The van der Waals surface area contributed by atoms with Gasteiger partial charge >= 0.3 is 5.97 Å². The lowest BCUT2D eigenvalue weighted by atomic mass is 10.1. The Morgan fingerprint density at radius 3 is 2.94 bits per heavy atom. The van der Waals surface area contributed by atoms with Crippen molar-refractivity contribution >= 4 is 17.0 Å². The van der Waals surface area contributed by atoms with Crippen molar-refractivity contribution in [3.63, 3.8) is 0 Å². The Hall–Kier alpha value is -1.91. The summed E-state index contributed by atoms with van der Waals surface area (Å²) in [4.78, 5) is 16.5. The summed E-state index contributed by atoms with van der Waals surface area (Å²) >= 11 is 0. The van der Waals surface area contributed by atoms with Crippen molar-refractivity contribution in [1.82, 2.24) is 14.8 Å². The van der Waals surface area contributed by atoms with Gasteiger partial charge in [-0.2, -0.15) is 5.10 Å². The molecule has 1 aliphatic rings. The van der Waals surface area contributed by atoms with Crippen LogP contribution in [0.3, 0.4) is 0 Å². The van der Waals surface area contributed by atoms with Crippen LogP contribution in [0.1, 0.15) is 41.7 Å². The van der Waals surface area contributed by atoms with Gasteiger partial charge in [0.1, 0.15) is 0 Å². The number of hydrogen-bond acceptors (Lipinski definition) is 4. The molecule has 0 aliphatic heterocycles. The minimum absolute atomic E-state index is 0.319. The fourth-order valence-electron chi connectivity index (χ4n) is 2.17. The van der Waals surface area contributed by atoms with Gasteiger partial charge in [0.15, 0.2) is 5.65 Å². The standard InChI is InChI=1S/C13H15N3O2/c1-3-16-12-10(7-14-16)9(13(17)18-2)6-11(15-12)8-4-5-8/h6-8H,3-5H2,1-2H3. The summed E-state index contributed by atoms with van der Waals surface area (Å²) in [6.07, 6.45) is 3.99. The lowest BCUT2D eigenvalue weighted by Gasteiger charge is -2.05. The van der Waals surface area contributed by atoms with Gasteiger partial charge in [0, 0.05) is 18.2 Å². The molecule has 0 saturated heterocycles. The average molecular weight is 245 g/mol. The highest BCUT2D eigenvalue weighted by Crippen LogP contribution is 2.40. The molecular weight excluding hydrogens is 230 g/mol. The number of nitrogens with zero attached hydrogens (tertiary/aromatic N) is 3. The van der Waals surface area contributed by atoms with E-state index in [0.717, 1.165) is 36.1 Å². The van der Waals surface area contributed by atoms with E-state index in [1.54, 1.807) is 6.20 Å². The second-order valence-electron chi connectivity index (χ2n) is 4.56. The molecule has 0 spiro atoms. The fourth-order valence-corrected chi connectivity index (χ4v) is 2.17. The lowest BCUT2D eigenvalue weighted by Crippen LogP contribution is -2.05. The van der Waals surface area contributed by atoms with Crippen LogP contribution in [0.4, 0.5) is 0 Å². The van der Waals surface area contributed by atoms with Gasteiger partial charge in [-0.15, -0.1) is 0 Å². The number of methoxy groups -OCH3 is 1. The molecule has 2 aromatic rings. The number of hydrogen-bond donors (Lipinski definition) is 0. The molecule has 0 atom stereocenters. The van der Waals surface area contributed by atoms with E-state index < -0.39 is 0 Å². The van der Waals surface area contributed by atoms with Crippen LogP contribution in [-0.4, -0.2) is 27.8 Å². The molecule has 1 aliphatic carbocycles. The lowest BCUT2D eigenvalue weighted by molar-refractivity contribution is 0.0603. The van der Waals surface area contributed by atoms with Crippen LogP contribution in [0.15, 0.2) is 12.3 Å².